The maximum atomic E-state index is 5.49. The van der Waals surface area contributed by atoms with Gasteiger partial charge in [0.25, 0.3) is 0 Å². The molecule has 0 amide bonds. The third-order valence-corrected chi connectivity index (χ3v) is 4.00. The first-order valence-electron chi connectivity index (χ1n) is 5.91. The quantitative estimate of drug-likeness (QED) is 0.818. The summed E-state index contributed by atoms with van der Waals surface area (Å²) in [5.74, 6) is 0. The predicted octanol–water partition coefficient (Wildman–Crippen LogP) is 1.33. The molecule has 6 heteroatoms. The molecule has 4 nitrogen and oxygen atoms in total. The van der Waals surface area contributed by atoms with Gasteiger partial charge in [-0.2, -0.15) is 0 Å². The van der Waals surface area contributed by atoms with Gasteiger partial charge in [0.15, 0.2) is 5.13 Å². The number of hydrogen-bond donors (Lipinski definition) is 1. The number of hydrogen-bond acceptors (Lipinski definition) is 5. The Balaban J connectivity index is 1.69. The lowest BCUT2D eigenvalue weighted by Gasteiger charge is -2.34. The fraction of sp³-hybridized carbons (Fsp3) is 0.636. The number of rotatable bonds is 5. The summed E-state index contributed by atoms with van der Waals surface area (Å²) in [4.78, 5) is 9.80. The molecule has 1 fully saturated rings. The third kappa shape index (κ3) is 3.90. The molecule has 1 aliphatic heterocycles. The number of thiazole rings is 1. The number of aromatic nitrogens is 1. The number of thiocarbonyl (C=S) groups is 1. The van der Waals surface area contributed by atoms with Crippen molar-refractivity contribution in [3.63, 3.8) is 0 Å². The summed E-state index contributed by atoms with van der Waals surface area (Å²) in [6.45, 7) is 5.46. The largest absolute Gasteiger partial charge is 0.393 e. The lowest BCUT2D eigenvalue weighted by atomic mass is 10.2. The van der Waals surface area contributed by atoms with Crippen LogP contribution in [0.2, 0.25) is 0 Å². The van der Waals surface area contributed by atoms with E-state index >= 15 is 0 Å². The first-order chi connectivity index (χ1) is 8.25. The molecule has 0 unspecified atom stereocenters. The summed E-state index contributed by atoms with van der Waals surface area (Å²) in [5, 5.41) is 3.18. The van der Waals surface area contributed by atoms with Crippen molar-refractivity contribution >= 4 is 33.7 Å². The summed E-state index contributed by atoms with van der Waals surface area (Å²) in [7, 11) is 0. The maximum absolute atomic E-state index is 5.49. The molecule has 1 aromatic rings. The minimum atomic E-state index is 0.631. The third-order valence-electron chi connectivity index (χ3n) is 2.96. The minimum Gasteiger partial charge on any atom is -0.393 e. The number of nitrogens with two attached hydrogens (primary N) is 1. The molecule has 0 aliphatic carbocycles. The molecule has 2 rings (SSSR count). The molecular weight excluding hydrogens is 252 g/mol. The van der Waals surface area contributed by atoms with Crippen LogP contribution in [0.1, 0.15) is 12.8 Å². The van der Waals surface area contributed by atoms with Gasteiger partial charge in [-0.3, -0.25) is 4.90 Å². The Morgan fingerprint density at radius 2 is 2.18 bits per heavy atom. The normalized spacial score (nSPS) is 17.3. The second kappa shape index (κ2) is 6.28. The van der Waals surface area contributed by atoms with E-state index in [0.717, 1.165) is 50.7 Å². The number of nitrogens with zero attached hydrogens (tertiary/aromatic N) is 3. The molecule has 0 atom stereocenters. The molecule has 0 radical (unpaired) electrons. The summed E-state index contributed by atoms with van der Waals surface area (Å²) in [6.07, 6.45) is 3.81. The second-order valence-electron chi connectivity index (χ2n) is 4.21. The standard InChI is InChI=1S/C11H18N4S2/c12-10(16)2-1-4-14-5-7-15(8-6-14)11-13-3-9-17-11/h3,9H,1-2,4-8H2,(H2,12,16). The summed E-state index contributed by atoms with van der Waals surface area (Å²) >= 11 is 6.59. The van der Waals surface area contributed by atoms with Gasteiger partial charge in [-0.1, -0.05) is 12.2 Å². The molecular formula is C11H18N4S2. The van der Waals surface area contributed by atoms with Gasteiger partial charge in [-0.25, -0.2) is 4.98 Å². The van der Waals surface area contributed by atoms with E-state index in [1.807, 2.05) is 11.6 Å². The first kappa shape index (κ1) is 12.7. The Labute approximate surface area is 111 Å². The van der Waals surface area contributed by atoms with Crippen molar-refractivity contribution in [3.05, 3.63) is 11.6 Å². The van der Waals surface area contributed by atoms with Gasteiger partial charge < -0.3 is 10.6 Å². The van der Waals surface area contributed by atoms with Crippen molar-refractivity contribution in [2.75, 3.05) is 37.6 Å². The molecule has 0 aromatic carbocycles. The average molecular weight is 270 g/mol. The molecule has 94 valence electrons. The highest BCUT2D eigenvalue weighted by atomic mass is 32.1. The Hall–Kier alpha value is -0.720. The lowest BCUT2D eigenvalue weighted by molar-refractivity contribution is 0.256. The lowest BCUT2D eigenvalue weighted by Crippen LogP contribution is -2.46. The van der Waals surface area contributed by atoms with Crippen LogP contribution in [0.15, 0.2) is 11.6 Å². The van der Waals surface area contributed by atoms with Gasteiger partial charge >= 0.3 is 0 Å². The van der Waals surface area contributed by atoms with E-state index in [2.05, 4.69) is 14.8 Å². The van der Waals surface area contributed by atoms with Crippen LogP contribution < -0.4 is 10.6 Å². The molecule has 2 heterocycles. The highest BCUT2D eigenvalue weighted by molar-refractivity contribution is 7.80. The van der Waals surface area contributed by atoms with E-state index in [0.29, 0.717) is 4.99 Å². The zero-order valence-electron chi connectivity index (χ0n) is 9.84. The van der Waals surface area contributed by atoms with Gasteiger partial charge in [-0.05, 0) is 19.4 Å². The number of anilines is 1. The molecule has 0 spiro atoms. The molecule has 2 N–H and O–H groups in total. The molecule has 1 aliphatic rings. The fourth-order valence-electron chi connectivity index (χ4n) is 2.01. The smallest absolute Gasteiger partial charge is 0.185 e. The minimum absolute atomic E-state index is 0.631. The van der Waals surface area contributed by atoms with E-state index in [1.165, 1.54) is 0 Å². The first-order valence-corrected chi connectivity index (χ1v) is 7.19. The van der Waals surface area contributed by atoms with Crippen molar-refractivity contribution in [1.29, 1.82) is 0 Å². The highest BCUT2D eigenvalue weighted by Crippen LogP contribution is 2.18. The van der Waals surface area contributed by atoms with E-state index in [4.69, 9.17) is 18.0 Å². The van der Waals surface area contributed by atoms with Crippen molar-refractivity contribution in [2.24, 2.45) is 5.73 Å². The Kier molecular flexibility index (Phi) is 4.70. The van der Waals surface area contributed by atoms with Gasteiger partial charge in [0.05, 0.1) is 4.99 Å². The summed E-state index contributed by atoms with van der Waals surface area (Å²) in [6, 6.07) is 0. The molecule has 1 aromatic heterocycles. The highest BCUT2D eigenvalue weighted by Gasteiger charge is 2.17. The molecule has 0 saturated carbocycles. The van der Waals surface area contributed by atoms with Crippen LogP contribution in [0.4, 0.5) is 5.13 Å². The SMILES string of the molecule is NC(=S)CCCN1CCN(c2nccs2)CC1. The van der Waals surface area contributed by atoms with E-state index in [-0.39, 0.29) is 0 Å². The Bertz CT molecular complexity index is 344. The zero-order chi connectivity index (χ0) is 12.1. The molecule has 17 heavy (non-hydrogen) atoms. The van der Waals surface area contributed by atoms with Crippen LogP contribution in [0, 0.1) is 0 Å². The van der Waals surface area contributed by atoms with Crippen molar-refractivity contribution < 1.29 is 0 Å². The fourth-order valence-corrected chi connectivity index (χ4v) is 2.85. The van der Waals surface area contributed by atoms with E-state index < -0.39 is 0 Å². The van der Waals surface area contributed by atoms with Crippen LogP contribution in [-0.4, -0.2) is 47.6 Å². The van der Waals surface area contributed by atoms with Crippen molar-refractivity contribution in [2.45, 2.75) is 12.8 Å². The monoisotopic (exact) mass is 270 g/mol. The van der Waals surface area contributed by atoms with Gasteiger partial charge in [0, 0.05) is 37.8 Å². The average Bonchev–Trinajstić information content (AvgIpc) is 2.83. The molecule has 0 bridgehead atoms. The Morgan fingerprint density at radius 3 is 2.76 bits per heavy atom. The van der Waals surface area contributed by atoms with Crippen molar-refractivity contribution in [1.82, 2.24) is 9.88 Å². The van der Waals surface area contributed by atoms with Crippen LogP contribution in [-0.2, 0) is 0 Å². The van der Waals surface area contributed by atoms with Crippen LogP contribution in [0.25, 0.3) is 0 Å². The van der Waals surface area contributed by atoms with Crippen LogP contribution >= 0.6 is 23.6 Å². The summed E-state index contributed by atoms with van der Waals surface area (Å²) < 4.78 is 0. The topological polar surface area (TPSA) is 45.4 Å². The zero-order valence-corrected chi connectivity index (χ0v) is 11.5. The van der Waals surface area contributed by atoms with Gasteiger partial charge in [0.1, 0.15) is 0 Å². The summed E-state index contributed by atoms with van der Waals surface area (Å²) in [5.41, 5.74) is 5.49. The Morgan fingerprint density at radius 1 is 1.41 bits per heavy atom. The van der Waals surface area contributed by atoms with Crippen LogP contribution in [0.5, 0.6) is 0 Å². The van der Waals surface area contributed by atoms with E-state index in [1.54, 1.807) is 11.3 Å². The number of piperazine rings is 1. The maximum Gasteiger partial charge on any atom is 0.185 e. The molecule has 1 saturated heterocycles. The van der Waals surface area contributed by atoms with Gasteiger partial charge in [0.2, 0.25) is 0 Å². The predicted molar refractivity (Wildman–Crippen MR) is 76.8 cm³/mol. The van der Waals surface area contributed by atoms with Gasteiger partial charge in [-0.15, -0.1) is 11.3 Å². The van der Waals surface area contributed by atoms with Crippen LogP contribution in [0.3, 0.4) is 0 Å². The second-order valence-corrected chi connectivity index (χ2v) is 5.61. The van der Waals surface area contributed by atoms with Crippen molar-refractivity contribution in [3.8, 4) is 0 Å². The van der Waals surface area contributed by atoms with E-state index in [9.17, 15) is 0 Å².